The molecule has 0 bridgehead atoms. The van der Waals surface area contributed by atoms with E-state index in [2.05, 4.69) is 32.3 Å². The number of nitrogens with zero attached hydrogens (tertiary/aromatic N) is 1. The second-order valence-corrected chi connectivity index (χ2v) is 6.24. The maximum Gasteiger partial charge on any atom is 0.0342 e. The van der Waals surface area contributed by atoms with Crippen molar-refractivity contribution in [2.24, 2.45) is 5.73 Å². The Labute approximate surface area is 122 Å². The average Bonchev–Trinajstić information content (AvgIpc) is 2.68. The van der Waals surface area contributed by atoms with E-state index in [1.165, 1.54) is 35.2 Å². The Kier molecular flexibility index (Phi) is 7.04. The molecule has 1 aromatic heterocycles. The summed E-state index contributed by atoms with van der Waals surface area (Å²) < 4.78 is 1.26. The summed E-state index contributed by atoms with van der Waals surface area (Å²) in [5.41, 5.74) is 5.69. The quantitative estimate of drug-likeness (QED) is 0.907. The van der Waals surface area contributed by atoms with Crippen molar-refractivity contribution in [3.05, 3.63) is 20.8 Å². The molecule has 2 rings (SSSR count). The molecule has 98 valence electrons. The van der Waals surface area contributed by atoms with Gasteiger partial charge in [-0.1, -0.05) is 6.42 Å². The third-order valence-electron chi connectivity index (χ3n) is 3.29. The lowest BCUT2D eigenvalue weighted by Gasteiger charge is -2.35. The molecule has 1 saturated heterocycles. The fraction of sp³-hybridized carbons (Fsp3) is 0.667. The van der Waals surface area contributed by atoms with E-state index in [4.69, 9.17) is 5.73 Å². The highest BCUT2D eigenvalue weighted by Crippen LogP contribution is 2.28. The number of piperidine rings is 1. The van der Waals surface area contributed by atoms with Gasteiger partial charge in [-0.25, -0.2) is 0 Å². The normalized spacial score (nSPS) is 21.2. The Morgan fingerprint density at radius 3 is 2.94 bits per heavy atom. The van der Waals surface area contributed by atoms with Gasteiger partial charge in [-0.05, 0) is 59.7 Å². The molecule has 1 fully saturated rings. The van der Waals surface area contributed by atoms with Crippen LogP contribution in [0.4, 0.5) is 0 Å². The van der Waals surface area contributed by atoms with Crippen molar-refractivity contribution in [3.63, 3.8) is 0 Å². The summed E-state index contributed by atoms with van der Waals surface area (Å²) in [6.07, 6.45) is 5.17. The first-order valence-corrected chi connectivity index (χ1v) is 7.64. The highest BCUT2D eigenvalue weighted by atomic mass is 79.9. The second-order valence-electron chi connectivity index (χ2n) is 4.39. The Morgan fingerprint density at radius 2 is 2.29 bits per heavy atom. The predicted octanol–water partition coefficient (Wildman–Crippen LogP) is 3.64. The number of likely N-dealkylation sites (tertiary alicyclic amines) is 1. The van der Waals surface area contributed by atoms with E-state index < -0.39 is 0 Å². The van der Waals surface area contributed by atoms with E-state index in [9.17, 15) is 0 Å². The van der Waals surface area contributed by atoms with E-state index in [-0.39, 0.29) is 12.4 Å². The minimum atomic E-state index is 0. The van der Waals surface area contributed by atoms with E-state index >= 15 is 0 Å². The van der Waals surface area contributed by atoms with Crippen LogP contribution >= 0.6 is 39.7 Å². The second kappa shape index (κ2) is 7.74. The molecule has 1 aromatic rings. The molecular weight excluding hydrogens is 320 g/mol. The fourth-order valence-electron chi connectivity index (χ4n) is 2.41. The van der Waals surface area contributed by atoms with Crippen LogP contribution in [0.2, 0.25) is 0 Å². The Balaban J connectivity index is 0.00000144. The van der Waals surface area contributed by atoms with Crippen molar-refractivity contribution in [2.75, 3.05) is 13.1 Å². The Hall–Kier alpha value is 0.390. The van der Waals surface area contributed by atoms with E-state index in [0.29, 0.717) is 6.04 Å². The lowest BCUT2D eigenvalue weighted by molar-refractivity contribution is 0.135. The van der Waals surface area contributed by atoms with Crippen LogP contribution in [0.3, 0.4) is 0 Å². The monoisotopic (exact) mass is 338 g/mol. The van der Waals surface area contributed by atoms with Crippen LogP contribution in [-0.2, 0) is 6.54 Å². The Morgan fingerprint density at radius 1 is 1.47 bits per heavy atom. The molecule has 1 atom stereocenters. The van der Waals surface area contributed by atoms with Crippen molar-refractivity contribution < 1.29 is 0 Å². The number of hydrogen-bond acceptors (Lipinski definition) is 3. The molecule has 0 saturated carbocycles. The van der Waals surface area contributed by atoms with Crippen LogP contribution in [0.15, 0.2) is 15.9 Å². The van der Waals surface area contributed by atoms with Crippen LogP contribution in [0.25, 0.3) is 0 Å². The predicted molar refractivity (Wildman–Crippen MR) is 81.0 cm³/mol. The summed E-state index contributed by atoms with van der Waals surface area (Å²) >= 11 is 5.45. The topological polar surface area (TPSA) is 29.3 Å². The van der Waals surface area contributed by atoms with Crippen LogP contribution in [0.1, 0.15) is 30.6 Å². The zero-order valence-corrected chi connectivity index (χ0v) is 13.1. The van der Waals surface area contributed by atoms with Gasteiger partial charge in [-0.2, -0.15) is 0 Å². The summed E-state index contributed by atoms with van der Waals surface area (Å²) in [6.45, 7) is 3.13. The molecule has 0 spiro atoms. The molecule has 2 heterocycles. The molecule has 1 unspecified atom stereocenters. The lowest BCUT2D eigenvalue weighted by Crippen LogP contribution is -2.39. The molecule has 0 radical (unpaired) electrons. The molecule has 0 aliphatic carbocycles. The number of hydrogen-bond donors (Lipinski definition) is 1. The lowest BCUT2D eigenvalue weighted by atomic mass is 9.99. The number of nitrogens with two attached hydrogens (primary N) is 1. The molecule has 1 aliphatic heterocycles. The molecule has 0 amide bonds. The van der Waals surface area contributed by atoms with Gasteiger partial charge in [-0.15, -0.1) is 23.7 Å². The highest BCUT2D eigenvalue weighted by Gasteiger charge is 2.22. The molecule has 2 nitrogen and oxygen atoms in total. The third kappa shape index (κ3) is 4.21. The number of halogens is 2. The average molecular weight is 340 g/mol. The maximum absolute atomic E-state index is 5.69. The van der Waals surface area contributed by atoms with Crippen LogP contribution in [-0.4, -0.2) is 24.0 Å². The molecule has 2 N–H and O–H groups in total. The van der Waals surface area contributed by atoms with Gasteiger partial charge >= 0.3 is 0 Å². The van der Waals surface area contributed by atoms with Crippen molar-refractivity contribution >= 4 is 39.7 Å². The van der Waals surface area contributed by atoms with Crippen molar-refractivity contribution in [2.45, 2.75) is 38.3 Å². The van der Waals surface area contributed by atoms with Crippen LogP contribution in [0, 0.1) is 0 Å². The minimum Gasteiger partial charge on any atom is -0.330 e. The zero-order valence-electron chi connectivity index (χ0n) is 9.90. The molecule has 1 aliphatic rings. The van der Waals surface area contributed by atoms with Gasteiger partial charge in [0.05, 0.1) is 0 Å². The summed E-state index contributed by atoms with van der Waals surface area (Å²) in [4.78, 5) is 4.05. The van der Waals surface area contributed by atoms with Crippen LogP contribution < -0.4 is 5.73 Å². The SMILES string of the molecule is Cl.NCCC1CCCCN1Cc1sccc1Br. The molecule has 0 aromatic carbocycles. The first kappa shape index (κ1) is 15.4. The minimum absolute atomic E-state index is 0. The van der Waals surface area contributed by atoms with Gasteiger partial charge in [-0.3, -0.25) is 4.90 Å². The zero-order chi connectivity index (χ0) is 11.4. The molecule has 17 heavy (non-hydrogen) atoms. The summed E-state index contributed by atoms with van der Waals surface area (Å²) in [7, 11) is 0. The first-order valence-electron chi connectivity index (χ1n) is 5.97. The van der Waals surface area contributed by atoms with Crippen LogP contribution in [0.5, 0.6) is 0 Å². The summed E-state index contributed by atoms with van der Waals surface area (Å²) in [5, 5.41) is 2.15. The van der Waals surface area contributed by atoms with Gasteiger partial charge in [0, 0.05) is 21.9 Å². The first-order chi connectivity index (χ1) is 7.81. The maximum atomic E-state index is 5.69. The van der Waals surface area contributed by atoms with Crippen molar-refractivity contribution in [3.8, 4) is 0 Å². The van der Waals surface area contributed by atoms with E-state index in [1.807, 2.05) is 11.3 Å². The van der Waals surface area contributed by atoms with Gasteiger partial charge in [0.2, 0.25) is 0 Å². The number of thiophene rings is 1. The standard InChI is InChI=1S/C12H19BrN2S.ClH/c13-11-5-8-16-12(11)9-15-7-2-1-3-10(15)4-6-14;/h5,8,10H,1-4,6-7,9,14H2;1H. The largest absolute Gasteiger partial charge is 0.330 e. The third-order valence-corrected chi connectivity index (χ3v) is 5.20. The Bertz CT molecular complexity index is 330. The highest BCUT2D eigenvalue weighted by molar-refractivity contribution is 9.10. The van der Waals surface area contributed by atoms with Gasteiger partial charge in [0.15, 0.2) is 0 Å². The van der Waals surface area contributed by atoms with Gasteiger partial charge in [0.1, 0.15) is 0 Å². The van der Waals surface area contributed by atoms with E-state index in [0.717, 1.165) is 19.5 Å². The van der Waals surface area contributed by atoms with Crippen molar-refractivity contribution in [1.29, 1.82) is 0 Å². The van der Waals surface area contributed by atoms with Gasteiger partial charge in [0.25, 0.3) is 0 Å². The van der Waals surface area contributed by atoms with Gasteiger partial charge < -0.3 is 5.73 Å². The fourth-order valence-corrected chi connectivity index (χ4v) is 3.91. The summed E-state index contributed by atoms with van der Waals surface area (Å²) in [5.74, 6) is 0. The van der Waals surface area contributed by atoms with E-state index in [1.54, 1.807) is 0 Å². The molecular formula is C12H20BrClN2S. The summed E-state index contributed by atoms with van der Waals surface area (Å²) in [6, 6.07) is 2.84. The number of rotatable bonds is 4. The van der Waals surface area contributed by atoms with Crippen molar-refractivity contribution in [1.82, 2.24) is 4.90 Å². The smallest absolute Gasteiger partial charge is 0.0342 e. The molecule has 5 heteroatoms.